The zero-order valence-electron chi connectivity index (χ0n) is 6.34. The molecule has 0 N–H and O–H groups in total. The van der Waals surface area contributed by atoms with Gasteiger partial charge in [0.1, 0.15) is 0 Å². The molecule has 56 valence electrons. The van der Waals surface area contributed by atoms with Gasteiger partial charge in [-0.15, -0.1) is 0 Å². The predicted octanol–water partition coefficient (Wildman–Crippen LogP) is -0.719. The minimum atomic E-state index is -1.11. The Hall–Kier alpha value is 0.140. The second-order valence-corrected chi connectivity index (χ2v) is 1.90. The summed E-state index contributed by atoms with van der Waals surface area (Å²) in [6.45, 7) is 3.25. The van der Waals surface area contributed by atoms with Crippen molar-refractivity contribution in [2.45, 2.75) is 19.3 Å². The average molecular weight is 181 g/mol. The maximum atomic E-state index is 10.5. The fourth-order valence-electron chi connectivity index (χ4n) is 0.509. The second kappa shape index (κ2) is 8.24. The average Bonchev–Trinajstić information content (AvgIpc) is 1.87. The molecule has 0 saturated carbocycles. The molecule has 0 spiro atoms. The third-order valence-electron chi connectivity index (χ3n) is 1.03. The van der Waals surface area contributed by atoms with Gasteiger partial charge in [0.2, 0.25) is 0 Å². The normalized spacial score (nSPS) is 8.00. The van der Waals surface area contributed by atoms with E-state index in [1.54, 1.807) is 0 Å². The molecule has 0 aliphatic carbocycles. The molecule has 0 aromatic heterocycles. The van der Waals surface area contributed by atoms with Crippen LogP contribution in [0.1, 0.15) is 19.3 Å². The zero-order chi connectivity index (χ0) is 7.98. The Morgan fingerprint density at radius 1 is 1.36 bits per heavy atom. The largest absolute Gasteiger partial charge is 2.00 e. The van der Waals surface area contributed by atoms with E-state index >= 15 is 0 Å². The summed E-state index contributed by atoms with van der Waals surface area (Å²) in [6, 6.07) is 0. The number of ketones is 1. The molecule has 0 bridgehead atoms. The number of aliphatic carboxylic acids is 1. The number of carboxylic acids is 1. The molecule has 0 aliphatic rings. The van der Waals surface area contributed by atoms with Crippen molar-refractivity contribution in [3.8, 4) is 0 Å². The predicted molar refractivity (Wildman–Crippen MR) is 39.8 cm³/mol. The number of hydrogen-bond acceptors (Lipinski definition) is 3. The summed E-state index contributed by atoms with van der Waals surface area (Å²) in [5.74, 6) is -1.24. The standard InChI is InChI=1S/C7H10O3.Ca/c1-2-6(8)4-3-5-7(9)10;/h2H,1,3-5H2,(H,9,10);/q;+2/p-1. The Bertz CT molecular complexity index is 154. The van der Waals surface area contributed by atoms with Crippen molar-refractivity contribution >= 4 is 49.5 Å². The fourth-order valence-corrected chi connectivity index (χ4v) is 0.509. The molecule has 0 unspecified atom stereocenters. The van der Waals surface area contributed by atoms with Crippen LogP contribution in [0.4, 0.5) is 0 Å². The summed E-state index contributed by atoms with van der Waals surface area (Å²) >= 11 is 0. The number of carbonyl (C=O) groups is 2. The summed E-state index contributed by atoms with van der Waals surface area (Å²) < 4.78 is 0. The van der Waals surface area contributed by atoms with Gasteiger partial charge in [0.15, 0.2) is 5.78 Å². The molecule has 0 aliphatic heterocycles. The molecular formula is C7H9CaO3+. The topological polar surface area (TPSA) is 57.2 Å². The van der Waals surface area contributed by atoms with E-state index < -0.39 is 5.97 Å². The minimum absolute atomic E-state index is 0. The van der Waals surface area contributed by atoms with E-state index in [0.29, 0.717) is 6.42 Å². The Kier molecular flexibility index (Phi) is 10.3. The minimum Gasteiger partial charge on any atom is -0.550 e. The van der Waals surface area contributed by atoms with Crippen molar-refractivity contribution < 1.29 is 14.7 Å². The molecule has 0 heterocycles. The molecule has 0 amide bonds. The van der Waals surface area contributed by atoms with Crippen LogP contribution in [0, 0.1) is 0 Å². The van der Waals surface area contributed by atoms with Crippen molar-refractivity contribution in [2.24, 2.45) is 0 Å². The van der Waals surface area contributed by atoms with Gasteiger partial charge in [0.25, 0.3) is 0 Å². The number of rotatable bonds is 5. The number of hydrogen-bond donors (Lipinski definition) is 0. The van der Waals surface area contributed by atoms with Gasteiger partial charge in [-0.3, -0.25) is 4.79 Å². The molecule has 0 saturated heterocycles. The van der Waals surface area contributed by atoms with E-state index in [2.05, 4.69) is 6.58 Å². The summed E-state index contributed by atoms with van der Waals surface area (Å²) in [6.07, 6.45) is 1.72. The third-order valence-corrected chi connectivity index (χ3v) is 1.03. The molecule has 0 rings (SSSR count). The first-order chi connectivity index (χ1) is 4.66. The van der Waals surface area contributed by atoms with Gasteiger partial charge < -0.3 is 9.90 Å². The van der Waals surface area contributed by atoms with Crippen LogP contribution in [0.15, 0.2) is 12.7 Å². The summed E-state index contributed by atoms with van der Waals surface area (Å²) in [4.78, 5) is 20.3. The smallest absolute Gasteiger partial charge is 0.550 e. The second-order valence-electron chi connectivity index (χ2n) is 1.90. The van der Waals surface area contributed by atoms with Crippen molar-refractivity contribution in [1.82, 2.24) is 0 Å². The van der Waals surface area contributed by atoms with Gasteiger partial charge in [0, 0.05) is 12.4 Å². The third kappa shape index (κ3) is 10.1. The van der Waals surface area contributed by atoms with Crippen molar-refractivity contribution in [2.75, 3.05) is 0 Å². The van der Waals surface area contributed by atoms with Crippen LogP contribution in [-0.4, -0.2) is 49.5 Å². The first-order valence-corrected chi connectivity index (χ1v) is 3.02. The summed E-state index contributed by atoms with van der Waals surface area (Å²) in [5, 5.41) is 9.82. The van der Waals surface area contributed by atoms with Gasteiger partial charge in [0.05, 0.1) is 0 Å². The van der Waals surface area contributed by atoms with Gasteiger partial charge in [-0.25, -0.2) is 0 Å². The van der Waals surface area contributed by atoms with E-state index in [9.17, 15) is 14.7 Å². The number of carbonyl (C=O) groups excluding carboxylic acids is 2. The van der Waals surface area contributed by atoms with Gasteiger partial charge in [-0.1, -0.05) is 6.58 Å². The first kappa shape index (κ1) is 13.7. The maximum Gasteiger partial charge on any atom is 2.00 e. The van der Waals surface area contributed by atoms with Crippen molar-refractivity contribution in [3.63, 3.8) is 0 Å². The monoisotopic (exact) mass is 181 g/mol. The van der Waals surface area contributed by atoms with Crippen LogP contribution in [0.25, 0.3) is 0 Å². The Morgan fingerprint density at radius 3 is 2.27 bits per heavy atom. The molecule has 4 heteroatoms. The van der Waals surface area contributed by atoms with Gasteiger partial charge in [-0.2, -0.15) is 0 Å². The van der Waals surface area contributed by atoms with Gasteiger partial charge in [-0.05, 0) is 18.9 Å². The van der Waals surface area contributed by atoms with Gasteiger partial charge >= 0.3 is 37.7 Å². The van der Waals surface area contributed by atoms with E-state index in [0.717, 1.165) is 0 Å². The molecule has 0 aromatic rings. The molecule has 11 heavy (non-hydrogen) atoms. The molecule has 0 radical (unpaired) electrons. The number of carboxylic acid groups (broad SMARTS) is 1. The van der Waals surface area contributed by atoms with Crippen LogP contribution < -0.4 is 5.11 Å². The summed E-state index contributed by atoms with van der Waals surface area (Å²) in [7, 11) is 0. The zero-order valence-corrected chi connectivity index (χ0v) is 8.55. The molecule has 0 atom stereocenters. The van der Waals surface area contributed by atoms with Crippen LogP contribution in [-0.2, 0) is 9.59 Å². The summed E-state index contributed by atoms with van der Waals surface area (Å²) in [5.41, 5.74) is 0. The van der Waals surface area contributed by atoms with Crippen molar-refractivity contribution in [1.29, 1.82) is 0 Å². The first-order valence-electron chi connectivity index (χ1n) is 3.02. The van der Waals surface area contributed by atoms with Crippen LogP contribution >= 0.6 is 0 Å². The SMILES string of the molecule is C=CC(=O)CCCC(=O)[O-].[Ca+2]. The molecule has 0 aromatic carbocycles. The molecule has 0 fully saturated rings. The van der Waals surface area contributed by atoms with E-state index in [-0.39, 0.29) is 56.4 Å². The Morgan fingerprint density at radius 2 is 1.91 bits per heavy atom. The van der Waals surface area contributed by atoms with Crippen LogP contribution in [0.3, 0.4) is 0 Å². The molecule has 3 nitrogen and oxygen atoms in total. The quantitative estimate of drug-likeness (QED) is 0.415. The van der Waals surface area contributed by atoms with E-state index in [1.165, 1.54) is 6.08 Å². The Balaban J connectivity index is 0. The fraction of sp³-hybridized carbons (Fsp3) is 0.429. The van der Waals surface area contributed by atoms with E-state index in [4.69, 9.17) is 0 Å². The molecular weight excluding hydrogens is 172 g/mol. The number of allylic oxidation sites excluding steroid dienone is 1. The van der Waals surface area contributed by atoms with Crippen LogP contribution in [0.2, 0.25) is 0 Å². The van der Waals surface area contributed by atoms with Crippen molar-refractivity contribution in [3.05, 3.63) is 12.7 Å². The Labute approximate surface area is 95.5 Å². The van der Waals surface area contributed by atoms with E-state index in [1.807, 2.05) is 0 Å². The maximum absolute atomic E-state index is 10.5. The van der Waals surface area contributed by atoms with Crippen LogP contribution in [0.5, 0.6) is 0 Å².